The van der Waals surface area contributed by atoms with E-state index >= 15 is 0 Å². The first-order chi connectivity index (χ1) is 16.3. The summed E-state index contributed by atoms with van der Waals surface area (Å²) in [6.07, 6.45) is 5.13. The van der Waals surface area contributed by atoms with Gasteiger partial charge in [0.25, 0.3) is 10.1 Å². The molecule has 35 heavy (non-hydrogen) atoms. The topological polar surface area (TPSA) is 135 Å². The number of carbonyl (C=O) groups is 4. The van der Waals surface area contributed by atoms with E-state index in [0.29, 0.717) is 32.1 Å². The van der Waals surface area contributed by atoms with Gasteiger partial charge in [0.05, 0.1) is 5.75 Å². The molecule has 4 saturated carbocycles. The van der Waals surface area contributed by atoms with Gasteiger partial charge in [-0.05, 0) is 60.7 Å². The van der Waals surface area contributed by atoms with Crippen LogP contribution in [-0.2, 0) is 29.3 Å². The lowest BCUT2D eigenvalue weighted by Crippen LogP contribution is -2.60. The Morgan fingerprint density at radius 3 is 2.51 bits per heavy atom. The van der Waals surface area contributed by atoms with Gasteiger partial charge in [-0.1, -0.05) is 20.8 Å². The second-order valence-electron chi connectivity index (χ2n) is 12.1. The first kappa shape index (κ1) is 26.5. The maximum atomic E-state index is 13.8. The molecule has 0 aromatic carbocycles. The standard InChI is InChI=1S/C26H39NO7S/c1-15(4-7-23(31)27-10-11-35(32,33)34)18-5-6-19-24-20(14-22(30)26(18,19)3)25(2)9-8-17(28)12-16(25)13-21(24)29/h15-16,18-20,24H,4-14H2,1-3H3,(H,27,31)(H,32,33,34)/t15-,16?,18-,19+,20+,24+,25+,26+/m1/s1. The van der Waals surface area contributed by atoms with E-state index in [0.717, 1.165) is 19.3 Å². The minimum Gasteiger partial charge on any atom is -0.355 e. The largest absolute Gasteiger partial charge is 0.355 e. The maximum Gasteiger partial charge on any atom is 0.266 e. The molecule has 0 saturated heterocycles. The van der Waals surface area contributed by atoms with Crippen molar-refractivity contribution in [2.45, 2.75) is 78.6 Å². The van der Waals surface area contributed by atoms with Crippen molar-refractivity contribution >= 4 is 33.4 Å². The number of Topliss-reactive ketones (excluding diaryl/α,β-unsaturated/α-hetero) is 3. The minimum atomic E-state index is -4.12. The van der Waals surface area contributed by atoms with Crippen molar-refractivity contribution in [3.05, 3.63) is 0 Å². The third-order valence-corrected chi connectivity index (χ3v) is 11.1. The van der Waals surface area contributed by atoms with Crippen LogP contribution in [-0.4, -0.2) is 48.5 Å². The predicted octanol–water partition coefficient (Wildman–Crippen LogP) is 2.99. The maximum absolute atomic E-state index is 13.8. The average molecular weight is 510 g/mol. The van der Waals surface area contributed by atoms with Crippen LogP contribution in [0.2, 0.25) is 0 Å². The molecule has 0 aliphatic heterocycles. The van der Waals surface area contributed by atoms with Crippen LogP contribution in [0.25, 0.3) is 0 Å². The number of ketones is 3. The van der Waals surface area contributed by atoms with Gasteiger partial charge in [0.1, 0.15) is 17.3 Å². The molecule has 0 aromatic heterocycles. The third-order valence-electron chi connectivity index (χ3n) is 10.4. The van der Waals surface area contributed by atoms with Gasteiger partial charge in [0, 0.05) is 50.0 Å². The number of fused-ring (bicyclic) bond motifs is 5. The smallest absolute Gasteiger partial charge is 0.266 e. The molecule has 0 heterocycles. The summed E-state index contributed by atoms with van der Waals surface area (Å²) >= 11 is 0. The van der Waals surface area contributed by atoms with E-state index in [1.54, 1.807) is 0 Å². The van der Waals surface area contributed by atoms with Gasteiger partial charge >= 0.3 is 0 Å². The van der Waals surface area contributed by atoms with Gasteiger partial charge in [0.15, 0.2) is 0 Å². The monoisotopic (exact) mass is 509 g/mol. The fourth-order valence-corrected chi connectivity index (χ4v) is 8.72. The molecule has 9 heteroatoms. The first-order valence-corrected chi connectivity index (χ1v) is 14.7. The van der Waals surface area contributed by atoms with Gasteiger partial charge in [-0.3, -0.25) is 23.7 Å². The summed E-state index contributed by atoms with van der Waals surface area (Å²) in [6.45, 7) is 6.18. The summed E-state index contributed by atoms with van der Waals surface area (Å²) in [5, 5.41) is 2.52. The van der Waals surface area contributed by atoms with Crippen molar-refractivity contribution in [2.24, 2.45) is 46.3 Å². The molecule has 0 aromatic rings. The molecule has 1 amide bonds. The Hall–Kier alpha value is -1.61. The van der Waals surface area contributed by atoms with Crippen molar-refractivity contribution in [1.29, 1.82) is 0 Å². The van der Waals surface area contributed by atoms with Gasteiger partial charge < -0.3 is 5.32 Å². The number of hydrogen-bond donors (Lipinski definition) is 2. The van der Waals surface area contributed by atoms with Gasteiger partial charge in [-0.15, -0.1) is 0 Å². The molecular formula is C26H39NO7S. The Kier molecular flexibility index (Phi) is 7.07. The number of nitrogens with one attached hydrogen (secondary N) is 1. The van der Waals surface area contributed by atoms with E-state index < -0.39 is 21.3 Å². The van der Waals surface area contributed by atoms with Crippen LogP contribution in [0.3, 0.4) is 0 Å². The zero-order valence-corrected chi connectivity index (χ0v) is 21.9. The average Bonchev–Trinajstić information content (AvgIpc) is 3.12. The molecule has 8 nitrogen and oxygen atoms in total. The van der Waals surface area contributed by atoms with E-state index in [1.165, 1.54) is 0 Å². The summed E-state index contributed by atoms with van der Waals surface area (Å²) in [4.78, 5) is 51.5. The lowest BCUT2D eigenvalue weighted by atomic mass is 9.44. The number of rotatable bonds is 7. The van der Waals surface area contributed by atoms with Crippen LogP contribution in [0.5, 0.6) is 0 Å². The SMILES string of the molecule is C[C@H](CCC(=O)NCCS(=O)(=O)O)[C@H]1CC[C@H]2[C@@H]3C(=O)CC4CC(=O)CC[C@]4(C)[C@H]3CC(=O)[C@@]12C. The third kappa shape index (κ3) is 4.75. The highest BCUT2D eigenvalue weighted by atomic mass is 32.2. The Morgan fingerprint density at radius 1 is 1.11 bits per heavy atom. The fraction of sp³-hybridized carbons (Fsp3) is 0.846. The van der Waals surface area contributed by atoms with Gasteiger partial charge in [-0.25, -0.2) is 0 Å². The van der Waals surface area contributed by atoms with Crippen LogP contribution >= 0.6 is 0 Å². The minimum absolute atomic E-state index is 0.0210. The van der Waals surface area contributed by atoms with Crippen molar-refractivity contribution in [3.8, 4) is 0 Å². The highest BCUT2D eigenvalue weighted by molar-refractivity contribution is 7.85. The van der Waals surface area contributed by atoms with E-state index in [1.807, 2.05) is 6.92 Å². The summed E-state index contributed by atoms with van der Waals surface area (Å²) in [5.74, 6) is 0.108. The summed E-state index contributed by atoms with van der Waals surface area (Å²) in [6, 6.07) is 0. The second-order valence-corrected chi connectivity index (χ2v) is 13.7. The fourth-order valence-electron chi connectivity index (χ4n) is 8.36. The Bertz CT molecular complexity index is 1020. The normalized spacial score (nSPS) is 40.0. The van der Waals surface area contributed by atoms with Crippen molar-refractivity contribution in [1.82, 2.24) is 5.32 Å². The lowest BCUT2D eigenvalue weighted by Gasteiger charge is -2.58. The first-order valence-electron chi connectivity index (χ1n) is 13.1. The molecule has 2 N–H and O–H groups in total. The van der Waals surface area contributed by atoms with E-state index in [9.17, 15) is 27.6 Å². The molecule has 1 unspecified atom stereocenters. The molecule has 196 valence electrons. The van der Waals surface area contributed by atoms with Gasteiger partial charge in [0.2, 0.25) is 5.91 Å². The van der Waals surface area contributed by atoms with E-state index in [4.69, 9.17) is 4.55 Å². The molecular weight excluding hydrogens is 470 g/mol. The Balaban J connectivity index is 1.45. The number of amides is 1. The molecule has 4 aliphatic rings. The highest BCUT2D eigenvalue weighted by Gasteiger charge is 2.66. The molecule has 0 spiro atoms. The zero-order valence-electron chi connectivity index (χ0n) is 21.0. The zero-order chi connectivity index (χ0) is 25.8. The van der Waals surface area contributed by atoms with Crippen LogP contribution in [0.15, 0.2) is 0 Å². The van der Waals surface area contributed by atoms with Crippen LogP contribution < -0.4 is 5.32 Å². The van der Waals surface area contributed by atoms with Crippen LogP contribution in [0.1, 0.15) is 78.6 Å². The Morgan fingerprint density at radius 2 is 1.83 bits per heavy atom. The van der Waals surface area contributed by atoms with Crippen molar-refractivity contribution < 1.29 is 32.1 Å². The van der Waals surface area contributed by atoms with Gasteiger partial charge in [-0.2, -0.15) is 8.42 Å². The molecule has 4 fully saturated rings. The number of hydrogen-bond acceptors (Lipinski definition) is 6. The summed E-state index contributed by atoms with van der Waals surface area (Å²) in [5.41, 5.74) is -0.710. The van der Waals surface area contributed by atoms with Crippen LogP contribution in [0.4, 0.5) is 0 Å². The molecule has 4 rings (SSSR count). The summed E-state index contributed by atoms with van der Waals surface area (Å²) < 4.78 is 30.4. The number of carbonyl (C=O) groups excluding carboxylic acids is 4. The molecule has 4 aliphatic carbocycles. The highest BCUT2D eigenvalue weighted by Crippen LogP contribution is 2.66. The molecule has 8 atom stereocenters. The van der Waals surface area contributed by atoms with Crippen molar-refractivity contribution in [3.63, 3.8) is 0 Å². The quantitative estimate of drug-likeness (QED) is 0.504. The van der Waals surface area contributed by atoms with E-state index in [-0.39, 0.29) is 77.1 Å². The van der Waals surface area contributed by atoms with E-state index in [2.05, 4.69) is 19.2 Å². The molecule has 0 bridgehead atoms. The second kappa shape index (κ2) is 9.36. The predicted molar refractivity (Wildman–Crippen MR) is 129 cm³/mol. The lowest BCUT2D eigenvalue weighted by molar-refractivity contribution is -0.166. The van der Waals surface area contributed by atoms with Crippen molar-refractivity contribution in [2.75, 3.05) is 12.3 Å². The molecule has 0 radical (unpaired) electrons. The Labute approximate surface area is 208 Å². The summed E-state index contributed by atoms with van der Waals surface area (Å²) in [7, 11) is -4.12. The van der Waals surface area contributed by atoms with Crippen LogP contribution in [0, 0.1) is 46.3 Å².